The van der Waals surface area contributed by atoms with Gasteiger partial charge in [0, 0.05) is 12.8 Å². The van der Waals surface area contributed by atoms with Gasteiger partial charge in [0.1, 0.15) is 24.5 Å². The van der Waals surface area contributed by atoms with Crippen LogP contribution in [0.4, 0.5) is 0 Å². The summed E-state index contributed by atoms with van der Waals surface area (Å²) in [6.07, 6.45) is 16.7. The zero-order valence-corrected chi connectivity index (χ0v) is 23.2. The molecule has 0 aromatic rings. The molecule has 3 unspecified atom stereocenters. The highest BCUT2D eigenvalue weighted by Gasteiger charge is 2.37. The van der Waals surface area contributed by atoms with E-state index >= 15 is 0 Å². The number of nitrogens with zero attached hydrogens (tertiary/aromatic N) is 1. The molecule has 0 bridgehead atoms. The first kappa shape index (κ1) is 34.1. The number of hydrogen-bond donors (Lipinski definition) is 4. The summed E-state index contributed by atoms with van der Waals surface area (Å²) in [5.74, 6) is -0.178. The van der Waals surface area contributed by atoms with Gasteiger partial charge in [0.25, 0.3) is 0 Å². The molecule has 0 saturated carbocycles. The standard InChI is InChI=1S/C26H50NO7P/c1-5-6-7-8-9-10-11-12-13-14-15-16-17-18-19-20-23(28)21-24(29)26(30)25(22-27(2,3)4)34-35(31,32)33/h9-10,12-13,24-26,29-30H,5-8,11,14-22H2,1-4H3,(H-,31,32,33)/p+1/b10-9-,13-12-. The predicted octanol–water partition coefficient (Wildman–Crippen LogP) is 4.67. The first-order valence-corrected chi connectivity index (χ1v) is 14.6. The van der Waals surface area contributed by atoms with Crippen molar-refractivity contribution in [2.45, 2.75) is 109 Å². The third-order valence-electron chi connectivity index (χ3n) is 5.62. The average Bonchev–Trinajstić information content (AvgIpc) is 2.73. The van der Waals surface area contributed by atoms with Crippen LogP contribution in [-0.4, -0.2) is 76.3 Å². The number of rotatable bonds is 22. The van der Waals surface area contributed by atoms with Crippen LogP contribution in [0.15, 0.2) is 24.3 Å². The van der Waals surface area contributed by atoms with Crippen LogP contribution in [0.5, 0.6) is 0 Å². The van der Waals surface area contributed by atoms with E-state index in [0.29, 0.717) is 6.42 Å². The lowest BCUT2D eigenvalue weighted by molar-refractivity contribution is -0.873. The lowest BCUT2D eigenvalue weighted by atomic mass is 9.99. The van der Waals surface area contributed by atoms with E-state index in [1.54, 1.807) is 21.1 Å². The highest BCUT2D eigenvalue weighted by molar-refractivity contribution is 7.46. The maximum atomic E-state index is 12.2. The SMILES string of the molecule is CCCCC/C=C\C/C=C\CCCCCCCC(=O)CC(O)C(O)C(C[N+](C)(C)C)OP(=O)(O)O. The molecule has 3 atom stereocenters. The van der Waals surface area contributed by atoms with Gasteiger partial charge in [-0.3, -0.25) is 9.32 Å². The number of Topliss-reactive ketones (excluding diaryl/α,β-unsaturated/α-hetero) is 1. The van der Waals surface area contributed by atoms with Crippen molar-refractivity contribution in [1.29, 1.82) is 0 Å². The highest BCUT2D eigenvalue weighted by atomic mass is 31.2. The minimum atomic E-state index is -4.86. The van der Waals surface area contributed by atoms with Gasteiger partial charge in [-0.15, -0.1) is 0 Å². The fourth-order valence-corrected chi connectivity index (χ4v) is 4.30. The summed E-state index contributed by atoms with van der Waals surface area (Å²) in [6, 6.07) is 0. The number of likely N-dealkylation sites (N-methyl/N-ethyl adjacent to an activating group) is 1. The molecule has 35 heavy (non-hydrogen) atoms. The van der Waals surface area contributed by atoms with E-state index in [4.69, 9.17) is 14.3 Å². The van der Waals surface area contributed by atoms with Crippen molar-refractivity contribution in [3.05, 3.63) is 24.3 Å². The van der Waals surface area contributed by atoms with Gasteiger partial charge < -0.3 is 24.5 Å². The second kappa shape index (κ2) is 19.3. The second-order valence-electron chi connectivity index (χ2n) is 10.4. The van der Waals surface area contributed by atoms with Gasteiger partial charge >= 0.3 is 7.82 Å². The molecule has 4 N–H and O–H groups in total. The maximum absolute atomic E-state index is 12.2. The van der Waals surface area contributed by atoms with Crippen molar-refractivity contribution in [3.8, 4) is 0 Å². The van der Waals surface area contributed by atoms with Crippen LogP contribution in [0.3, 0.4) is 0 Å². The summed E-state index contributed by atoms with van der Waals surface area (Å²) in [5.41, 5.74) is 0. The summed E-state index contributed by atoms with van der Waals surface area (Å²) >= 11 is 0. The average molecular weight is 521 g/mol. The molecule has 9 heteroatoms. The second-order valence-corrected chi connectivity index (χ2v) is 11.6. The Morgan fingerprint density at radius 2 is 1.43 bits per heavy atom. The van der Waals surface area contributed by atoms with Crippen LogP contribution >= 0.6 is 7.82 Å². The number of unbranched alkanes of at least 4 members (excludes halogenated alkanes) is 8. The van der Waals surface area contributed by atoms with E-state index in [2.05, 4.69) is 31.2 Å². The summed E-state index contributed by atoms with van der Waals surface area (Å²) in [7, 11) is 0.450. The van der Waals surface area contributed by atoms with Crippen molar-refractivity contribution in [1.82, 2.24) is 0 Å². The molecule has 0 saturated heterocycles. The Bertz CT molecular complexity index is 655. The van der Waals surface area contributed by atoms with Crippen molar-refractivity contribution in [2.24, 2.45) is 0 Å². The van der Waals surface area contributed by atoms with E-state index in [1.165, 1.54) is 25.7 Å². The quantitative estimate of drug-likeness (QED) is 0.0708. The van der Waals surface area contributed by atoms with Gasteiger partial charge in [-0.05, 0) is 38.5 Å². The van der Waals surface area contributed by atoms with Gasteiger partial charge in [-0.2, -0.15) is 0 Å². The largest absolute Gasteiger partial charge is 0.470 e. The summed E-state index contributed by atoms with van der Waals surface area (Å²) in [4.78, 5) is 30.4. The Balaban J connectivity index is 4.04. The maximum Gasteiger partial charge on any atom is 0.470 e. The molecule has 0 spiro atoms. The molecule has 0 aliphatic carbocycles. The van der Waals surface area contributed by atoms with E-state index in [-0.39, 0.29) is 23.2 Å². The fraction of sp³-hybridized carbons (Fsp3) is 0.808. The molecule has 0 amide bonds. The Morgan fingerprint density at radius 3 is 1.97 bits per heavy atom. The molecule has 0 aliphatic rings. The Labute approximate surface area is 212 Å². The van der Waals surface area contributed by atoms with E-state index in [9.17, 15) is 19.6 Å². The van der Waals surface area contributed by atoms with E-state index in [1.807, 2.05) is 0 Å². The van der Waals surface area contributed by atoms with Crippen LogP contribution < -0.4 is 0 Å². The predicted molar refractivity (Wildman–Crippen MR) is 141 cm³/mol. The Morgan fingerprint density at radius 1 is 0.886 bits per heavy atom. The summed E-state index contributed by atoms with van der Waals surface area (Å²) < 4.78 is 16.2. The molecule has 0 aromatic carbocycles. The first-order valence-electron chi connectivity index (χ1n) is 13.1. The zero-order chi connectivity index (χ0) is 26.7. The number of aliphatic hydroxyl groups excluding tert-OH is 2. The molecule has 8 nitrogen and oxygen atoms in total. The van der Waals surface area contributed by atoms with Crippen molar-refractivity contribution in [2.75, 3.05) is 27.7 Å². The van der Waals surface area contributed by atoms with Crippen LogP contribution in [0.1, 0.15) is 90.4 Å². The first-order chi connectivity index (χ1) is 16.4. The van der Waals surface area contributed by atoms with Gasteiger partial charge in [0.15, 0.2) is 0 Å². The molecule has 206 valence electrons. The van der Waals surface area contributed by atoms with Crippen LogP contribution in [0.2, 0.25) is 0 Å². The van der Waals surface area contributed by atoms with Gasteiger partial charge in [0.2, 0.25) is 0 Å². The van der Waals surface area contributed by atoms with Crippen molar-refractivity contribution < 1.29 is 38.4 Å². The van der Waals surface area contributed by atoms with Crippen LogP contribution in [0, 0.1) is 0 Å². The Hall–Kier alpha value is -0.860. The summed E-state index contributed by atoms with van der Waals surface area (Å²) in [5, 5.41) is 20.6. The number of hydrogen-bond acceptors (Lipinski definition) is 5. The normalized spacial score (nSPS) is 15.7. The minimum Gasteiger partial charge on any atom is -0.390 e. The fourth-order valence-electron chi connectivity index (χ4n) is 3.76. The number of ketones is 1. The molecule has 0 radical (unpaired) electrons. The lowest BCUT2D eigenvalue weighted by Gasteiger charge is -2.33. The number of aliphatic hydroxyl groups is 2. The van der Waals surface area contributed by atoms with Crippen molar-refractivity contribution in [3.63, 3.8) is 0 Å². The zero-order valence-electron chi connectivity index (χ0n) is 22.3. The minimum absolute atomic E-state index is 0.0580. The van der Waals surface area contributed by atoms with Crippen LogP contribution in [-0.2, 0) is 13.9 Å². The number of allylic oxidation sites excluding steroid dienone is 4. The number of phosphoric acid groups is 1. The third kappa shape index (κ3) is 22.1. The molecule has 0 fully saturated rings. The highest BCUT2D eigenvalue weighted by Crippen LogP contribution is 2.39. The lowest BCUT2D eigenvalue weighted by Crippen LogP contribution is -2.50. The van der Waals surface area contributed by atoms with Gasteiger partial charge in [0.05, 0.1) is 27.2 Å². The van der Waals surface area contributed by atoms with E-state index < -0.39 is 26.1 Å². The topological polar surface area (TPSA) is 124 Å². The van der Waals surface area contributed by atoms with Crippen LogP contribution in [0.25, 0.3) is 0 Å². The van der Waals surface area contributed by atoms with Crippen molar-refractivity contribution >= 4 is 13.6 Å². The molecule has 0 aliphatic heterocycles. The smallest absolute Gasteiger partial charge is 0.390 e. The number of quaternary nitrogens is 1. The number of phosphoric ester groups is 1. The summed E-state index contributed by atoms with van der Waals surface area (Å²) in [6.45, 7) is 2.27. The van der Waals surface area contributed by atoms with E-state index in [0.717, 1.165) is 44.9 Å². The molecular formula is C26H51NO7P+. The third-order valence-corrected chi connectivity index (χ3v) is 6.16. The van der Waals surface area contributed by atoms with Gasteiger partial charge in [-0.1, -0.05) is 63.3 Å². The Kier molecular flexibility index (Phi) is 18.8. The monoisotopic (exact) mass is 520 g/mol. The number of carbonyl (C=O) groups is 1. The molecular weight excluding hydrogens is 469 g/mol. The molecule has 0 rings (SSSR count). The van der Waals surface area contributed by atoms with Gasteiger partial charge in [-0.25, -0.2) is 4.57 Å². The number of carbonyl (C=O) groups excluding carboxylic acids is 1. The molecule has 0 aromatic heterocycles. The molecule has 0 heterocycles.